The molecule has 0 aromatic heterocycles. The number of likely N-dealkylation sites (tertiary alicyclic amines) is 1. The Bertz CT molecular complexity index is 243. The van der Waals surface area contributed by atoms with Gasteiger partial charge in [0.1, 0.15) is 6.04 Å². The number of carbonyl (C=O) groups is 1. The third kappa shape index (κ3) is 3.42. The van der Waals surface area contributed by atoms with Crippen molar-refractivity contribution in [3.8, 4) is 0 Å². The molecule has 1 aliphatic rings. The van der Waals surface area contributed by atoms with Crippen molar-refractivity contribution in [2.75, 3.05) is 26.8 Å². The van der Waals surface area contributed by atoms with Gasteiger partial charge in [-0.1, -0.05) is 13.8 Å². The molecule has 0 aliphatic carbocycles. The van der Waals surface area contributed by atoms with Crippen LogP contribution >= 0.6 is 0 Å². The van der Waals surface area contributed by atoms with E-state index >= 15 is 0 Å². The Morgan fingerprint density at radius 3 is 2.41 bits per heavy atom. The SMILES string of the molecule is CCC1(CC)CN(C(CCCOC)C(=O)O)C1. The summed E-state index contributed by atoms with van der Waals surface area (Å²) in [4.78, 5) is 13.3. The van der Waals surface area contributed by atoms with Crippen LogP contribution in [0.1, 0.15) is 39.5 Å². The molecule has 1 N–H and O–H groups in total. The fourth-order valence-electron chi connectivity index (χ4n) is 2.62. The first-order valence-electron chi connectivity index (χ1n) is 6.54. The van der Waals surface area contributed by atoms with Crippen molar-refractivity contribution in [3.63, 3.8) is 0 Å². The monoisotopic (exact) mass is 243 g/mol. The minimum atomic E-state index is -0.693. The quantitative estimate of drug-likeness (QED) is 0.662. The number of carboxylic acids is 1. The van der Waals surface area contributed by atoms with E-state index in [2.05, 4.69) is 18.7 Å². The van der Waals surface area contributed by atoms with E-state index in [1.54, 1.807) is 7.11 Å². The molecule has 0 aromatic carbocycles. The Labute approximate surface area is 104 Å². The van der Waals surface area contributed by atoms with E-state index < -0.39 is 5.97 Å². The van der Waals surface area contributed by atoms with Gasteiger partial charge in [0.15, 0.2) is 0 Å². The average Bonchev–Trinajstić information content (AvgIpc) is 2.26. The van der Waals surface area contributed by atoms with Gasteiger partial charge in [0.2, 0.25) is 0 Å². The lowest BCUT2D eigenvalue weighted by molar-refractivity contribution is -0.150. The van der Waals surface area contributed by atoms with Crippen molar-refractivity contribution in [1.29, 1.82) is 0 Å². The zero-order valence-corrected chi connectivity index (χ0v) is 11.2. The minimum Gasteiger partial charge on any atom is -0.480 e. The predicted octanol–water partition coefficient (Wildman–Crippen LogP) is 1.99. The zero-order valence-electron chi connectivity index (χ0n) is 11.2. The van der Waals surface area contributed by atoms with Crippen LogP contribution in [0.5, 0.6) is 0 Å². The van der Waals surface area contributed by atoms with Gasteiger partial charge in [-0.2, -0.15) is 0 Å². The van der Waals surface area contributed by atoms with Crippen LogP contribution in [-0.4, -0.2) is 48.8 Å². The highest BCUT2D eigenvalue weighted by atomic mass is 16.5. The lowest BCUT2D eigenvalue weighted by atomic mass is 9.74. The molecule has 1 rings (SSSR count). The van der Waals surface area contributed by atoms with Crippen molar-refractivity contribution in [3.05, 3.63) is 0 Å². The number of aliphatic carboxylic acids is 1. The first-order valence-corrected chi connectivity index (χ1v) is 6.54. The van der Waals surface area contributed by atoms with Gasteiger partial charge in [0.25, 0.3) is 0 Å². The standard InChI is InChI=1S/C13H25NO3/c1-4-13(5-2)9-14(10-13)11(12(15)16)7-6-8-17-3/h11H,4-10H2,1-3H3,(H,15,16). The molecular weight excluding hydrogens is 218 g/mol. The number of nitrogens with zero attached hydrogens (tertiary/aromatic N) is 1. The van der Waals surface area contributed by atoms with E-state index in [9.17, 15) is 9.90 Å². The highest BCUT2D eigenvalue weighted by Gasteiger charge is 2.44. The van der Waals surface area contributed by atoms with E-state index in [1.807, 2.05) is 0 Å². The number of carboxylic acid groups (broad SMARTS) is 1. The van der Waals surface area contributed by atoms with Crippen molar-refractivity contribution in [2.45, 2.75) is 45.6 Å². The maximum atomic E-state index is 11.2. The summed E-state index contributed by atoms with van der Waals surface area (Å²) in [5.41, 5.74) is 0.370. The Hall–Kier alpha value is -0.610. The second-order valence-electron chi connectivity index (χ2n) is 5.10. The van der Waals surface area contributed by atoms with Gasteiger partial charge in [0, 0.05) is 26.8 Å². The van der Waals surface area contributed by atoms with Crippen LogP contribution in [0.25, 0.3) is 0 Å². The summed E-state index contributed by atoms with van der Waals surface area (Å²) in [6, 6.07) is -0.323. The first kappa shape index (κ1) is 14.5. The van der Waals surface area contributed by atoms with Gasteiger partial charge in [0.05, 0.1) is 0 Å². The van der Waals surface area contributed by atoms with Gasteiger partial charge in [-0.05, 0) is 31.1 Å². The van der Waals surface area contributed by atoms with Crippen molar-refractivity contribution in [2.24, 2.45) is 5.41 Å². The summed E-state index contributed by atoms with van der Waals surface area (Å²) in [5.74, 6) is -0.693. The molecular formula is C13H25NO3. The van der Waals surface area contributed by atoms with Crippen molar-refractivity contribution in [1.82, 2.24) is 4.90 Å². The molecule has 100 valence electrons. The smallest absolute Gasteiger partial charge is 0.320 e. The maximum Gasteiger partial charge on any atom is 0.320 e. The van der Waals surface area contributed by atoms with Gasteiger partial charge in [-0.15, -0.1) is 0 Å². The van der Waals surface area contributed by atoms with E-state index in [0.29, 0.717) is 18.4 Å². The molecule has 4 nitrogen and oxygen atoms in total. The molecule has 0 saturated carbocycles. The molecule has 1 fully saturated rings. The van der Waals surface area contributed by atoms with E-state index in [-0.39, 0.29) is 6.04 Å². The number of hydrogen-bond donors (Lipinski definition) is 1. The van der Waals surface area contributed by atoms with Crippen molar-refractivity contribution >= 4 is 5.97 Å². The maximum absolute atomic E-state index is 11.2. The minimum absolute atomic E-state index is 0.323. The Balaban J connectivity index is 2.43. The molecule has 1 saturated heterocycles. The summed E-state index contributed by atoms with van der Waals surface area (Å²) in [6.07, 6.45) is 3.79. The molecule has 1 unspecified atom stereocenters. The highest BCUT2D eigenvalue weighted by molar-refractivity contribution is 5.73. The predicted molar refractivity (Wildman–Crippen MR) is 67.1 cm³/mol. The van der Waals surface area contributed by atoms with Crippen LogP contribution in [0.3, 0.4) is 0 Å². The van der Waals surface area contributed by atoms with Crippen LogP contribution in [0.4, 0.5) is 0 Å². The largest absolute Gasteiger partial charge is 0.480 e. The fourth-order valence-corrected chi connectivity index (χ4v) is 2.62. The molecule has 1 aliphatic heterocycles. The topological polar surface area (TPSA) is 49.8 Å². The summed E-state index contributed by atoms with van der Waals surface area (Å²) in [5, 5.41) is 9.24. The summed E-state index contributed by atoms with van der Waals surface area (Å²) < 4.78 is 4.98. The second-order valence-corrected chi connectivity index (χ2v) is 5.10. The van der Waals surface area contributed by atoms with Crippen LogP contribution in [0.15, 0.2) is 0 Å². The molecule has 0 amide bonds. The van der Waals surface area contributed by atoms with Crippen LogP contribution in [0.2, 0.25) is 0 Å². The van der Waals surface area contributed by atoms with Gasteiger partial charge < -0.3 is 9.84 Å². The Kier molecular flexibility index (Phi) is 5.40. The van der Waals surface area contributed by atoms with E-state index in [1.165, 1.54) is 0 Å². The number of ether oxygens (including phenoxy) is 1. The first-order chi connectivity index (χ1) is 8.08. The van der Waals surface area contributed by atoms with Crippen molar-refractivity contribution < 1.29 is 14.6 Å². The fraction of sp³-hybridized carbons (Fsp3) is 0.923. The normalized spacial score (nSPS) is 20.9. The number of rotatable bonds is 8. The molecule has 17 heavy (non-hydrogen) atoms. The highest BCUT2D eigenvalue weighted by Crippen LogP contribution is 2.38. The zero-order chi connectivity index (χ0) is 12.9. The molecule has 0 aromatic rings. The van der Waals surface area contributed by atoms with Gasteiger partial charge in [-0.3, -0.25) is 9.69 Å². The molecule has 1 heterocycles. The molecule has 1 atom stereocenters. The summed E-state index contributed by atoms with van der Waals surface area (Å²) in [7, 11) is 1.65. The molecule has 0 radical (unpaired) electrons. The van der Waals surface area contributed by atoms with Crippen LogP contribution in [0, 0.1) is 5.41 Å². The van der Waals surface area contributed by atoms with Gasteiger partial charge in [-0.25, -0.2) is 0 Å². The summed E-state index contributed by atoms with van der Waals surface area (Å²) in [6.45, 7) is 6.90. The third-order valence-corrected chi connectivity index (χ3v) is 4.13. The van der Waals surface area contributed by atoms with Gasteiger partial charge >= 0.3 is 5.97 Å². The van der Waals surface area contributed by atoms with E-state index in [0.717, 1.165) is 32.4 Å². The summed E-state index contributed by atoms with van der Waals surface area (Å²) >= 11 is 0. The lowest BCUT2D eigenvalue weighted by Gasteiger charge is -2.52. The van der Waals surface area contributed by atoms with Crippen LogP contribution in [-0.2, 0) is 9.53 Å². The Morgan fingerprint density at radius 1 is 1.41 bits per heavy atom. The van der Waals surface area contributed by atoms with Crippen LogP contribution < -0.4 is 0 Å². The number of hydrogen-bond acceptors (Lipinski definition) is 3. The third-order valence-electron chi connectivity index (χ3n) is 4.13. The average molecular weight is 243 g/mol. The lowest BCUT2D eigenvalue weighted by Crippen LogP contribution is -2.61. The number of methoxy groups -OCH3 is 1. The van der Waals surface area contributed by atoms with E-state index in [4.69, 9.17) is 4.74 Å². The molecule has 0 spiro atoms. The molecule has 4 heteroatoms. The second kappa shape index (κ2) is 6.36. The Morgan fingerprint density at radius 2 is 2.00 bits per heavy atom. The molecule has 0 bridgehead atoms.